The van der Waals surface area contributed by atoms with Crippen molar-refractivity contribution in [3.63, 3.8) is 0 Å². The Bertz CT molecular complexity index is 1710. The second-order valence-corrected chi connectivity index (χ2v) is 14.8. The van der Waals surface area contributed by atoms with Gasteiger partial charge in [0.25, 0.3) is 10.0 Å². The normalized spacial score (nSPS) is 12.0. The third-order valence-corrected chi connectivity index (χ3v) is 10.4. The monoisotopic (exact) mass is 717 g/mol. The van der Waals surface area contributed by atoms with Gasteiger partial charge in [-0.05, 0) is 72.4 Å². The quantitative estimate of drug-likeness (QED) is 0.128. The molecule has 0 aromatic heterocycles. The van der Waals surface area contributed by atoms with E-state index in [0.717, 1.165) is 43.9 Å². The minimum absolute atomic E-state index is 0.0847. The van der Waals surface area contributed by atoms with Gasteiger partial charge in [0.15, 0.2) is 0 Å². The van der Waals surface area contributed by atoms with E-state index in [9.17, 15) is 18.0 Å². The van der Waals surface area contributed by atoms with E-state index < -0.39 is 28.5 Å². The third-order valence-electron chi connectivity index (χ3n) is 8.10. The summed E-state index contributed by atoms with van der Waals surface area (Å²) in [5.74, 6) is -0.510. The van der Waals surface area contributed by atoms with Crippen molar-refractivity contribution in [3.8, 4) is 0 Å². The van der Waals surface area contributed by atoms with Crippen LogP contribution in [0.5, 0.6) is 0 Å². The van der Waals surface area contributed by atoms with Gasteiger partial charge in [0.2, 0.25) is 11.8 Å². The number of anilines is 1. The highest BCUT2D eigenvalue weighted by Crippen LogP contribution is 2.27. The lowest BCUT2D eigenvalue weighted by molar-refractivity contribution is -0.140. The van der Waals surface area contributed by atoms with Crippen LogP contribution in [-0.2, 0) is 32.6 Å². The second-order valence-electron chi connectivity index (χ2n) is 12.1. The van der Waals surface area contributed by atoms with Crippen LogP contribution in [0.4, 0.5) is 5.69 Å². The Morgan fingerprint density at radius 2 is 1.47 bits per heavy atom. The molecule has 0 saturated heterocycles. The maximum atomic E-state index is 14.6. The molecule has 47 heavy (non-hydrogen) atoms. The van der Waals surface area contributed by atoms with E-state index in [-0.39, 0.29) is 29.7 Å². The van der Waals surface area contributed by atoms with Crippen LogP contribution in [0.3, 0.4) is 0 Å². The average molecular weight is 719 g/mol. The van der Waals surface area contributed by atoms with Gasteiger partial charge in [-0.25, -0.2) is 8.42 Å². The molecule has 9 heteroatoms. The van der Waals surface area contributed by atoms with Gasteiger partial charge in [-0.15, -0.1) is 0 Å². The maximum Gasteiger partial charge on any atom is 0.264 e. The number of hydrogen-bond donors (Lipinski definition) is 1. The van der Waals surface area contributed by atoms with E-state index in [1.807, 2.05) is 80.6 Å². The molecule has 1 atom stereocenters. The topological polar surface area (TPSA) is 86.8 Å². The Balaban J connectivity index is 1.79. The number of halogens is 1. The number of amides is 2. The maximum absolute atomic E-state index is 14.6. The van der Waals surface area contributed by atoms with Gasteiger partial charge >= 0.3 is 0 Å². The minimum Gasteiger partial charge on any atom is -0.354 e. The molecule has 0 fully saturated rings. The number of benzene rings is 4. The second kappa shape index (κ2) is 16.7. The van der Waals surface area contributed by atoms with Gasteiger partial charge in [0.1, 0.15) is 12.6 Å². The molecule has 0 bridgehead atoms. The minimum atomic E-state index is -4.15. The number of nitrogens with one attached hydrogen (secondary N) is 1. The Morgan fingerprint density at radius 3 is 2.06 bits per heavy atom. The van der Waals surface area contributed by atoms with E-state index in [0.29, 0.717) is 12.2 Å². The molecule has 0 aliphatic heterocycles. The van der Waals surface area contributed by atoms with Gasteiger partial charge in [-0.3, -0.25) is 13.9 Å². The fourth-order valence-electron chi connectivity index (χ4n) is 5.24. The number of unbranched alkanes of at least 4 members (excludes halogenated alkanes) is 1. The molecule has 7 nitrogen and oxygen atoms in total. The van der Waals surface area contributed by atoms with Crippen LogP contribution >= 0.6 is 15.9 Å². The molecule has 0 heterocycles. The fraction of sp³-hybridized carbons (Fsp3) is 0.316. The highest BCUT2D eigenvalue weighted by molar-refractivity contribution is 9.10. The lowest BCUT2D eigenvalue weighted by Gasteiger charge is -2.34. The number of rotatable bonds is 15. The summed E-state index contributed by atoms with van der Waals surface area (Å²) in [6.45, 7) is 8.19. The van der Waals surface area contributed by atoms with E-state index in [1.165, 1.54) is 4.90 Å². The predicted molar refractivity (Wildman–Crippen MR) is 193 cm³/mol. The van der Waals surface area contributed by atoms with E-state index in [1.54, 1.807) is 36.4 Å². The zero-order valence-electron chi connectivity index (χ0n) is 27.5. The Kier molecular flexibility index (Phi) is 12.8. The summed E-state index contributed by atoms with van der Waals surface area (Å²) in [6, 6.07) is 30.1. The molecule has 1 N–H and O–H groups in total. The summed E-state index contributed by atoms with van der Waals surface area (Å²) in [5.41, 5.74) is 4.06. The molecule has 0 radical (unpaired) electrons. The van der Waals surface area contributed by atoms with Gasteiger partial charge in [-0.2, -0.15) is 0 Å². The molecular formula is C38H44BrN3O4S. The van der Waals surface area contributed by atoms with E-state index >= 15 is 0 Å². The first-order valence-electron chi connectivity index (χ1n) is 16.0. The van der Waals surface area contributed by atoms with E-state index in [2.05, 4.69) is 35.1 Å². The van der Waals surface area contributed by atoms with Crippen molar-refractivity contribution in [2.45, 2.75) is 70.4 Å². The summed E-state index contributed by atoms with van der Waals surface area (Å²) in [5, 5.41) is 3.03. The Hall–Kier alpha value is -3.95. The van der Waals surface area contributed by atoms with Gasteiger partial charge in [-0.1, -0.05) is 115 Å². The number of aryl methyl sites for hydroxylation is 1. The van der Waals surface area contributed by atoms with Crippen molar-refractivity contribution in [3.05, 3.63) is 130 Å². The number of sulfonamides is 1. The molecule has 248 valence electrons. The van der Waals surface area contributed by atoms with Gasteiger partial charge in [0.05, 0.1) is 10.6 Å². The van der Waals surface area contributed by atoms with Crippen LogP contribution in [0.25, 0.3) is 0 Å². The first-order valence-corrected chi connectivity index (χ1v) is 18.3. The Labute approximate surface area is 288 Å². The molecule has 4 rings (SSSR count). The predicted octanol–water partition coefficient (Wildman–Crippen LogP) is 7.63. The molecule has 4 aromatic rings. The summed E-state index contributed by atoms with van der Waals surface area (Å²) < 4.78 is 30.6. The molecule has 0 spiro atoms. The third kappa shape index (κ3) is 9.78. The van der Waals surface area contributed by atoms with Crippen LogP contribution in [0, 0.1) is 6.92 Å². The lowest BCUT2D eigenvalue weighted by atomic mass is 10.0. The van der Waals surface area contributed by atoms with Crippen LogP contribution in [0.1, 0.15) is 61.8 Å². The number of nitrogens with zero attached hydrogens (tertiary/aromatic N) is 2. The van der Waals surface area contributed by atoms with Crippen molar-refractivity contribution >= 4 is 43.5 Å². The van der Waals surface area contributed by atoms with Crippen LogP contribution in [0.2, 0.25) is 0 Å². The summed E-state index contributed by atoms with van der Waals surface area (Å²) in [6.07, 6.45) is 1.99. The van der Waals surface area contributed by atoms with Gasteiger partial charge < -0.3 is 10.2 Å². The van der Waals surface area contributed by atoms with Crippen molar-refractivity contribution in [1.82, 2.24) is 10.2 Å². The van der Waals surface area contributed by atoms with Crippen molar-refractivity contribution < 1.29 is 18.0 Å². The molecule has 0 aliphatic rings. The van der Waals surface area contributed by atoms with Crippen molar-refractivity contribution in [2.24, 2.45) is 0 Å². The number of hydrogen-bond acceptors (Lipinski definition) is 4. The van der Waals surface area contributed by atoms with Crippen molar-refractivity contribution in [2.75, 3.05) is 17.4 Å². The van der Waals surface area contributed by atoms with Crippen LogP contribution in [0.15, 0.2) is 112 Å². The largest absolute Gasteiger partial charge is 0.354 e. The fourth-order valence-corrected chi connectivity index (χ4v) is 6.92. The molecular weight excluding hydrogens is 674 g/mol. The highest BCUT2D eigenvalue weighted by Gasteiger charge is 2.34. The highest BCUT2D eigenvalue weighted by atomic mass is 79.9. The van der Waals surface area contributed by atoms with Crippen LogP contribution in [-0.4, -0.2) is 44.3 Å². The molecule has 4 aromatic carbocycles. The average Bonchev–Trinajstić information content (AvgIpc) is 3.06. The molecule has 0 saturated carbocycles. The molecule has 2 amide bonds. The summed E-state index contributed by atoms with van der Waals surface area (Å²) >= 11 is 3.48. The first-order chi connectivity index (χ1) is 22.5. The van der Waals surface area contributed by atoms with Crippen molar-refractivity contribution in [1.29, 1.82) is 0 Å². The smallest absolute Gasteiger partial charge is 0.264 e. The number of carbonyl (C=O) groups is 2. The zero-order valence-corrected chi connectivity index (χ0v) is 29.9. The SMILES string of the molecule is CCCCNC(=O)[C@H](Cc1ccccc1)N(Cc1ccc(Br)cc1)C(=O)CN(c1ccc(C(C)C)cc1)S(=O)(=O)c1ccc(C)cc1. The lowest BCUT2D eigenvalue weighted by Crippen LogP contribution is -2.53. The Morgan fingerprint density at radius 1 is 0.830 bits per heavy atom. The standard InChI is InChI=1S/C38H44BrN3O4S/c1-5-6-24-40-38(44)36(25-30-10-8-7-9-11-30)41(26-31-14-18-33(39)19-15-31)37(43)27-42(34-20-16-32(17-21-34)28(2)3)47(45,46)35-22-12-29(4)13-23-35/h7-23,28,36H,5-6,24-27H2,1-4H3,(H,40,44)/t36-/m0/s1. The zero-order chi connectivity index (χ0) is 34.0. The van der Waals surface area contributed by atoms with Gasteiger partial charge in [0, 0.05) is 24.0 Å². The molecule has 0 aliphatic carbocycles. The number of carbonyl (C=O) groups excluding carboxylic acids is 2. The van der Waals surface area contributed by atoms with Crippen LogP contribution < -0.4 is 9.62 Å². The van der Waals surface area contributed by atoms with E-state index in [4.69, 9.17) is 0 Å². The first kappa shape index (κ1) is 35.9. The summed E-state index contributed by atoms with van der Waals surface area (Å²) in [4.78, 5) is 30.1. The molecule has 0 unspecified atom stereocenters. The summed E-state index contributed by atoms with van der Waals surface area (Å²) in [7, 11) is -4.15.